The highest BCUT2D eigenvalue weighted by Crippen LogP contribution is 2.44. The molecular formula is C10H11N3O6. The number of nitrogens with one attached hydrogen (secondary N) is 1. The minimum Gasteiger partial charge on any atom is -0.485 e. The standard InChI is InChI=1S/C10H11N3O6/c1-5-4-7(12(15)16)10(19-3)9(13(17)18)8(5)11-6(2)14/h4H,1-3H3,(H,11,14). The van der Waals surface area contributed by atoms with Gasteiger partial charge in [-0.15, -0.1) is 0 Å². The summed E-state index contributed by atoms with van der Waals surface area (Å²) < 4.78 is 4.74. The van der Waals surface area contributed by atoms with Crippen molar-refractivity contribution in [1.82, 2.24) is 0 Å². The average molecular weight is 269 g/mol. The van der Waals surface area contributed by atoms with Gasteiger partial charge in [-0.2, -0.15) is 0 Å². The number of amides is 1. The van der Waals surface area contributed by atoms with Crippen molar-refractivity contribution in [2.45, 2.75) is 13.8 Å². The zero-order chi connectivity index (χ0) is 14.7. The fourth-order valence-corrected chi connectivity index (χ4v) is 1.61. The highest BCUT2D eigenvalue weighted by molar-refractivity contribution is 5.94. The van der Waals surface area contributed by atoms with Crippen LogP contribution in [0.5, 0.6) is 5.75 Å². The van der Waals surface area contributed by atoms with Crippen molar-refractivity contribution in [3.8, 4) is 5.75 Å². The number of methoxy groups -OCH3 is 1. The molecule has 0 heterocycles. The van der Waals surface area contributed by atoms with Crippen molar-refractivity contribution >= 4 is 23.0 Å². The van der Waals surface area contributed by atoms with Gasteiger partial charge in [0.2, 0.25) is 5.91 Å². The first-order valence-corrected chi connectivity index (χ1v) is 5.07. The van der Waals surface area contributed by atoms with Crippen LogP contribution in [0.3, 0.4) is 0 Å². The van der Waals surface area contributed by atoms with Crippen LogP contribution in [0.15, 0.2) is 6.07 Å². The van der Waals surface area contributed by atoms with E-state index in [9.17, 15) is 25.0 Å². The molecule has 1 N–H and O–H groups in total. The fourth-order valence-electron chi connectivity index (χ4n) is 1.61. The van der Waals surface area contributed by atoms with Crippen LogP contribution in [-0.2, 0) is 4.79 Å². The average Bonchev–Trinajstić information content (AvgIpc) is 2.29. The lowest BCUT2D eigenvalue weighted by molar-refractivity contribution is -0.395. The van der Waals surface area contributed by atoms with Crippen LogP contribution in [0.25, 0.3) is 0 Å². The molecule has 0 saturated heterocycles. The van der Waals surface area contributed by atoms with Crippen molar-refractivity contribution in [2.75, 3.05) is 12.4 Å². The van der Waals surface area contributed by atoms with Crippen LogP contribution in [-0.4, -0.2) is 22.9 Å². The summed E-state index contributed by atoms with van der Waals surface area (Å²) in [4.78, 5) is 31.4. The summed E-state index contributed by atoms with van der Waals surface area (Å²) in [5.41, 5.74) is -1.07. The molecule has 0 aliphatic rings. The molecule has 1 aromatic rings. The first-order valence-electron chi connectivity index (χ1n) is 5.07. The Balaban J connectivity index is 3.70. The van der Waals surface area contributed by atoms with E-state index in [1.54, 1.807) is 0 Å². The number of aryl methyl sites for hydroxylation is 1. The molecule has 19 heavy (non-hydrogen) atoms. The van der Waals surface area contributed by atoms with Gasteiger partial charge in [-0.05, 0) is 12.5 Å². The van der Waals surface area contributed by atoms with Gasteiger partial charge >= 0.3 is 11.4 Å². The van der Waals surface area contributed by atoms with Crippen LogP contribution in [0.4, 0.5) is 17.1 Å². The summed E-state index contributed by atoms with van der Waals surface area (Å²) in [6, 6.07) is 1.11. The number of hydrogen-bond donors (Lipinski definition) is 1. The first-order chi connectivity index (χ1) is 8.79. The van der Waals surface area contributed by atoms with Crippen molar-refractivity contribution in [2.24, 2.45) is 0 Å². The second kappa shape index (κ2) is 5.29. The van der Waals surface area contributed by atoms with Crippen LogP contribution >= 0.6 is 0 Å². The number of nitro benzene ring substituents is 2. The zero-order valence-electron chi connectivity index (χ0n) is 10.4. The molecule has 0 spiro atoms. The number of nitro groups is 2. The van der Waals surface area contributed by atoms with E-state index in [0.29, 0.717) is 0 Å². The number of anilines is 1. The molecular weight excluding hydrogens is 258 g/mol. The third-order valence-electron chi connectivity index (χ3n) is 2.32. The third-order valence-corrected chi connectivity index (χ3v) is 2.32. The van der Waals surface area contributed by atoms with Crippen molar-refractivity contribution in [3.05, 3.63) is 31.9 Å². The maximum absolute atomic E-state index is 11.1. The van der Waals surface area contributed by atoms with E-state index in [4.69, 9.17) is 4.74 Å². The molecule has 0 atom stereocenters. The lowest BCUT2D eigenvalue weighted by Crippen LogP contribution is -2.11. The largest absolute Gasteiger partial charge is 0.485 e. The van der Waals surface area contributed by atoms with E-state index >= 15 is 0 Å². The quantitative estimate of drug-likeness (QED) is 0.656. The number of nitrogens with zero attached hydrogens (tertiary/aromatic N) is 2. The number of carbonyl (C=O) groups excluding carboxylic acids is 1. The molecule has 0 unspecified atom stereocenters. The second-order valence-corrected chi connectivity index (χ2v) is 3.66. The lowest BCUT2D eigenvalue weighted by Gasteiger charge is -2.10. The van der Waals surface area contributed by atoms with E-state index in [-0.39, 0.29) is 11.3 Å². The molecule has 9 heteroatoms. The maximum atomic E-state index is 11.1. The summed E-state index contributed by atoms with van der Waals surface area (Å²) in [7, 11) is 1.09. The number of carbonyl (C=O) groups is 1. The number of benzene rings is 1. The smallest absolute Gasteiger partial charge is 0.341 e. The Labute approximate surface area is 107 Å². The molecule has 0 radical (unpaired) electrons. The Morgan fingerprint density at radius 3 is 2.26 bits per heavy atom. The van der Waals surface area contributed by atoms with Crippen LogP contribution < -0.4 is 10.1 Å². The molecule has 0 aliphatic carbocycles. The molecule has 1 rings (SSSR count). The monoisotopic (exact) mass is 269 g/mol. The maximum Gasteiger partial charge on any atom is 0.341 e. The SMILES string of the molecule is COc1c([N+](=O)[O-])cc(C)c(NC(C)=O)c1[N+](=O)[O-]. The fraction of sp³-hybridized carbons (Fsp3) is 0.300. The van der Waals surface area contributed by atoms with Gasteiger partial charge in [-0.3, -0.25) is 25.0 Å². The van der Waals surface area contributed by atoms with E-state index in [1.165, 1.54) is 13.8 Å². The summed E-state index contributed by atoms with van der Waals surface area (Å²) in [5.74, 6) is -1.02. The van der Waals surface area contributed by atoms with Gasteiger partial charge in [-0.1, -0.05) is 0 Å². The van der Waals surface area contributed by atoms with E-state index in [1.807, 2.05) is 0 Å². The Morgan fingerprint density at radius 1 is 1.32 bits per heavy atom. The van der Waals surface area contributed by atoms with Gasteiger partial charge in [0.25, 0.3) is 5.75 Å². The van der Waals surface area contributed by atoms with E-state index in [0.717, 1.165) is 13.2 Å². The Bertz CT molecular complexity index is 569. The van der Waals surface area contributed by atoms with E-state index in [2.05, 4.69) is 5.32 Å². The summed E-state index contributed by atoms with van der Waals surface area (Å²) >= 11 is 0. The third kappa shape index (κ3) is 2.76. The predicted molar refractivity (Wildman–Crippen MR) is 65.3 cm³/mol. The lowest BCUT2D eigenvalue weighted by atomic mass is 10.1. The summed E-state index contributed by atoms with van der Waals surface area (Å²) in [6.07, 6.45) is 0. The molecule has 102 valence electrons. The van der Waals surface area contributed by atoms with E-state index < -0.39 is 32.9 Å². The molecule has 1 amide bonds. The zero-order valence-corrected chi connectivity index (χ0v) is 10.4. The Kier molecular flexibility index (Phi) is 4.00. The Hall–Kier alpha value is -2.71. The number of ether oxygens (including phenoxy) is 1. The molecule has 0 aliphatic heterocycles. The molecule has 0 bridgehead atoms. The number of hydrogen-bond acceptors (Lipinski definition) is 6. The molecule has 0 fully saturated rings. The van der Waals surface area contributed by atoms with Gasteiger partial charge < -0.3 is 10.1 Å². The van der Waals surface area contributed by atoms with Gasteiger partial charge in [0.1, 0.15) is 5.69 Å². The van der Waals surface area contributed by atoms with Gasteiger partial charge in [-0.25, -0.2) is 0 Å². The minimum absolute atomic E-state index is 0.111. The molecule has 0 aromatic heterocycles. The van der Waals surface area contributed by atoms with Crippen LogP contribution in [0.1, 0.15) is 12.5 Å². The van der Waals surface area contributed by atoms with Crippen LogP contribution in [0, 0.1) is 27.2 Å². The van der Waals surface area contributed by atoms with Crippen molar-refractivity contribution in [1.29, 1.82) is 0 Å². The van der Waals surface area contributed by atoms with Gasteiger partial charge in [0.05, 0.1) is 17.0 Å². The summed E-state index contributed by atoms with van der Waals surface area (Å²) in [5, 5.41) is 24.2. The second-order valence-electron chi connectivity index (χ2n) is 3.66. The Morgan fingerprint density at radius 2 is 1.89 bits per heavy atom. The van der Waals surface area contributed by atoms with Crippen LogP contribution in [0.2, 0.25) is 0 Å². The molecule has 0 saturated carbocycles. The van der Waals surface area contributed by atoms with Gasteiger partial charge in [0, 0.05) is 13.0 Å². The molecule has 1 aromatic carbocycles. The highest BCUT2D eigenvalue weighted by Gasteiger charge is 2.32. The molecule has 9 nitrogen and oxygen atoms in total. The normalized spacial score (nSPS) is 9.84. The highest BCUT2D eigenvalue weighted by atomic mass is 16.6. The minimum atomic E-state index is -0.829. The van der Waals surface area contributed by atoms with Gasteiger partial charge in [0.15, 0.2) is 0 Å². The first kappa shape index (κ1) is 14.4. The topological polar surface area (TPSA) is 125 Å². The summed E-state index contributed by atoms with van der Waals surface area (Å²) in [6.45, 7) is 2.60. The number of rotatable bonds is 4. The predicted octanol–water partition coefficient (Wildman–Crippen LogP) is 1.78. The van der Waals surface area contributed by atoms with Crippen molar-refractivity contribution < 1.29 is 19.4 Å². The van der Waals surface area contributed by atoms with Crippen molar-refractivity contribution in [3.63, 3.8) is 0 Å².